The van der Waals surface area contributed by atoms with Gasteiger partial charge >= 0.3 is 6.18 Å². The summed E-state index contributed by atoms with van der Waals surface area (Å²) in [6, 6.07) is 12.2. The van der Waals surface area contributed by atoms with Crippen molar-refractivity contribution in [2.45, 2.75) is 122 Å². The number of pyridine rings is 1. The number of fused-ring (bicyclic) bond motifs is 3. The molecule has 0 spiro atoms. The maximum absolute atomic E-state index is 15.2. The number of hydrogen-bond donors (Lipinski definition) is 2. The highest BCUT2D eigenvalue weighted by Gasteiger charge is 2.54. The zero-order valence-electron chi connectivity index (χ0n) is 46.9. The van der Waals surface area contributed by atoms with Crippen molar-refractivity contribution in [2.75, 3.05) is 72.7 Å². The number of halogens is 4. The first-order valence-electron chi connectivity index (χ1n) is 28.6. The molecule has 4 saturated heterocycles. The number of aromatic nitrogens is 3. The molecule has 1 unspecified atom stereocenters. The predicted molar refractivity (Wildman–Crippen MR) is 300 cm³/mol. The van der Waals surface area contributed by atoms with Gasteiger partial charge in [0.1, 0.15) is 23.4 Å². The molecule has 2 amide bonds. The zero-order chi connectivity index (χ0) is 56.9. The highest BCUT2D eigenvalue weighted by atomic mass is 32.1. The van der Waals surface area contributed by atoms with Crippen molar-refractivity contribution in [3.63, 3.8) is 0 Å². The predicted octanol–water partition coefficient (Wildman–Crippen LogP) is 8.53. The molecule has 2 bridgehead atoms. The van der Waals surface area contributed by atoms with E-state index >= 15 is 18.0 Å². The Bertz CT molecular complexity index is 3170. The first kappa shape index (κ1) is 57.0. The minimum atomic E-state index is -4.64. The average molecular weight is 1140 g/mol. The molecule has 3 aliphatic carbocycles. The van der Waals surface area contributed by atoms with Gasteiger partial charge in [-0.3, -0.25) is 39.1 Å². The second-order valence-electron chi connectivity index (χ2n) is 24.0. The Morgan fingerprint density at radius 2 is 1.73 bits per heavy atom. The van der Waals surface area contributed by atoms with E-state index in [0.717, 1.165) is 44.6 Å². The summed E-state index contributed by atoms with van der Waals surface area (Å²) >= 11 is 1.35. The fourth-order valence-electron chi connectivity index (χ4n) is 12.9. The molecule has 7 fully saturated rings. The SMILES string of the molecule is CO[C@@H](C)c1ncc(C#C[C@@H](C)N2CCN(C3CC3)CC2)cc1-c1c(CC(C)(C)COC=O)c2cc(-c3csc([C@H](C(NC(=O)[C@@H]4[C@@H](C)[C@H]4c4ccc(F)cc4)C(=O)N4NCC5CC4C5)N4CCOCC4)n3)ccc2n1CC(F)(F)F. The Balaban J connectivity index is 0.996. The summed E-state index contributed by atoms with van der Waals surface area (Å²) in [5.74, 6) is 5.71. The second-order valence-corrected chi connectivity index (χ2v) is 24.9. The lowest BCUT2D eigenvalue weighted by atomic mass is 9.78. The number of benzene rings is 2. The molecule has 2 aromatic carbocycles. The van der Waals surface area contributed by atoms with Crippen molar-refractivity contribution in [2.24, 2.45) is 23.2 Å². The van der Waals surface area contributed by atoms with E-state index in [4.69, 9.17) is 24.2 Å². The summed E-state index contributed by atoms with van der Waals surface area (Å²) in [7, 11) is 1.54. The number of hydrogen-bond acceptors (Lipinski definition) is 13. The molecule has 15 nitrogen and oxygen atoms in total. The first-order chi connectivity index (χ1) is 38.9. The summed E-state index contributed by atoms with van der Waals surface area (Å²) in [5, 5.41) is 7.97. The van der Waals surface area contributed by atoms with Gasteiger partial charge in [0.2, 0.25) is 5.91 Å². The highest BCUT2D eigenvalue weighted by molar-refractivity contribution is 7.10. The van der Waals surface area contributed by atoms with E-state index < -0.39 is 42.2 Å². The fourth-order valence-corrected chi connectivity index (χ4v) is 13.9. The number of ether oxygens (including phenoxy) is 3. The number of amides is 2. The van der Waals surface area contributed by atoms with Crippen molar-refractivity contribution in [1.82, 2.24) is 45.0 Å². The maximum atomic E-state index is 15.2. The number of morpholine rings is 1. The van der Waals surface area contributed by atoms with E-state index in [2.05, 4.69) is 44.2 Å². The lowest BCUT2D eigenvalue weighted by molar-refractivity contribution is -0.154. The van der Waals surface area contributed by atoms with Crippen LogP contribution < -0.4 is 10.7 Å². The van der Waals surface area contributed by atoms with Gasteiger partial charge in [-0.05, 0) is 105 Å². The summed E-state index contributed by atoms with van der Waals surface area (Å²) in [5.41, 5.74) is 7.26. The molecule has 12 rings (SSSR count). The number of methoxy groups -OCH3 is 1. The molecule has 7 heterocycles. The van der Waals surface area contributed by atoms with Crippen LogP contribution in [0.25, 0.3) is 33.4 Å². The van der Waals surface area contributed by atoms with Gasteiger partial charge in [-0.1, -0.05) is 50.8 Å². The van der Waals surface area contributed by atoms with Crippen LogP contribution in [-0.4, -0.2) is 156 Å². The van der Waals surface area contributed by atoms with Crippen LogP contribution in [0.5, 0.6) is 0 Å². The summed E-state index contributed by atoms with van der Waals surface area (Å²) in [6.45, 7) is 14.9. The average Bonchev–Trinajstić information content (AvgIpc) is 3.66. The quantitative estimate of drug-likeness (QED) is 0.0465. The van der Waals surface area contributed by atoms with Crippen molar-refractivity contribution in [3.8, 4) is 34.4 Å². The molecular weight excluding hydrogens is 1060 g/mol. The van der Waals surface area contributed by atoms with Crippen LogP contribution >= 0.6 is 11.3 Å². The molecule has 3 saturated carbocycles. The van der Waals surface area contributed by atoms with E-state index in [1.165, 1.54) is 48.0 Å². The molecule has 0 radical (unpaired) electrons. The van der Waals surface area contributed by atoms with Gasteiger partial charge in [0.05, 0.1) is 55.1 Å². The largest absolute Gasteiger partial charge is 0.467 e. The van der Waals surface area contributed by atoms with Crippen LogP contribution in [0, 0.1) is 40.8 Å². The van der Waals surface area contributed by atoms with Gasteiger partial charge in [-0.15, -0.1) is 11.3 Å². The lowest BCUT2D eigenvalue weighted by Gasteiger charge is -2.50. The Kier molecular flexibility index (Phi) is 16.5. The third-order valence-corrected chi connectivity index (χ3v) is 18.6. The number of nitrogens with one attached hydrogen (secondary N) is 2. The number of alkyl halides is 3. The van der Waals surface area contributed by atoms with E-state index in [0.29, 0.717) is 107 Å². The van der Waals surface area contributed by atoms with Crippen LogP contribution in [0.4, 0.5) is 17.6 Å². The zero-order valence-corrected chi connectivity index (χ0v) is 47.8. The second kappa shape index (κ2) is 23.5. The standard InChI is InChI=1S/C61H73F4N9O6S/c1-36(70-17-19-71(20-18-70)44-14-15-44)7-8-39-27-47(53(66-30-39)38(3)78-6)55-48(29-60(4,5)34-80-35-75)46-28-42(11-16-50(46)73(55)33-61(63,64)65)49-32-81-58(68-49)56(72-21-23-79-24-22-72)54(59(77)74-45-25-40(26-45)31-67-74)69-57(76)52-37(2)51(52)41-9-12-43(62)13-10-41/h9-13,16,27-28,30,32,35-38,40,44-45,51-52,54,56,67H,14-15,17-26,29,31,33-34H2,1-6H3,(H,69,76)/t36-,37+,38+,40?,45?,51+,52-,54?,56+/m1/s1. The van der Waals surface area contributed by atoms with Crippen LogP contribution in [0.15, 0.2) is 60.1 Å². The van der Waals surface area contributed by atoms with Crippen LogP contribution in [0.3, 0.4) is 0 Å². The van der Waals surface area contributed by atoms with Crippen molar-refractivity contribution >= 4 is 40.5 Å². The minimum Gasteiger partial charge on any atom is -0.467 e. The van der Waals surface area contributed by atoms with Crippen molar-refractivity contribution < 1.29 is 46.2 Å². The van der Waals surface area contributed by atoms with Crippen LogP contribution in [0.1, 0.15) is 106 Å². The summed E-state index contributed by atoms with van der Waals surface area (Å²) in [6.07, 6.45) is 0.845. The number of nitrogens with zero attached hydrogens (tertiary/aromatic N) is 7. The first-order valence-corrected chi connectivity index (χ1v) is 29.5. The van der Waals surface area contributed by atoms with Gasteiger partial charge in [-0.25, -0.2) is 14.8 Å². The molecule has 81 heavy (non-hydrogen) atoms. The third kappa shape index (κ3) is 12.3. The molecule has 5 aromatic rings. The third-order valence-electron chi connectivity index (χ3n) is 17.7. The Labute approximate surface area is 475 Å². The molecule has 4 aliphatic heterocycles. The van der Waals surface area contributed by atoms with Gasteiger partial charge in [0.25, 0.3) is 12.4 Å². The van der Waals surface area contributed by atoms with Gasteiger partial charge in [0.15, 0.2) is 0 Å². The fraction of sp³-hybridized carbons (Fsp3) is 0.557. The van der Waals surface area contributed by atoms with Crippen molar-refractivity contribution in [3.05, 3.63) is 93.3 Å². The van der Waals surface area contributed by atoms with Gasteiger partial charge in [-0.2, -0.15) is 13.2 Å². The van der Waals surface area contributed by atoms with Crippen LogP contribution in [-0.2, 0) is 41.6 Å². The minimum absolute atomic E-state index is 0.00486. The topological polar surface area (TPSA) is 147 Å². The molecule has 7 aliphatic rings. The number of rotatable bonds is 19. The lowest BCUT2D eigenvalue weighted by Crippen LogP contribution is -2.67. The molecule has 20 heteroatoms. The molecule has 3 aromatic heterocycles. The number of carbonyl (C=O) groups excluding carboxylic acids is 3. The highest BCUT2D eigenvalue weighted by Crippen LogP contribution is 2.54. The van der Waals surface area contributed by atoms with E-state index in [1.807, 2.05) is 45.2 Å². The van der Waals surface area contributed by atoms with E-state index in [1.54, 1.807) is 35.5 Å². The molecule has 432 valence electrons. The number of carbonyl (C=O) groups is 3. The monoisotopic (exact) mass is 1140 g/mol. The summed E-state index contributed by atoms with van der Waals surface area (Å²) in [4.78, 5) is 58.7. The van der Waals surface area contributed by atoms with E-state index in [9.17, 15) is 14.0 Å². The smallest absolute Gasteiger partial charge is 0.406 e. The van der Waals surface area contributed by atoms with Gasteiger partial charge < -0.3 is 24.1 Å². The maximum Gasteiger partial charge on any atom is 0.406 e. The van der Waals surface area contributed by atoms with Crippen molar-refractivity contribution in [1.29, 1.82) is 0 Å². The van der Waals surface area contributed by atoms with Crippen LogP contribution in [0.2, 0.25) is 0 Å². The Morgan fingerprint density at radius 1 is 0.988 bits per heavy atom. The number of thiazole rings is 1. The molecular formula is C61H73F4N9O6S. The number of piperazine rings is 1. The summed E-state index contributed by atoms with van der Waals surface area (Å²) < 4.78 is 77.9. The molecule has 7 atom stereocenters. The van der Waals surface area contributed by atoms with Gasteiger partial charge in [0, 0.05) is 116 Å². The van der Waals surface area contributed by atoms with E-state index in [-0.39, 0.29) is 54.6 Å². The Morgan fingerprint density at radius 3 is 2.40 bits per heavy atom. The Hall–Kier alpha value is -5.79. The number of hydrazine groups is 1. The normalized spacial score (nSPS) is 24.1. The molecule has 2 N–H and O–H groups in total.